The topological polar surface area (TPSA) is 165 Å². The van der Waals surface area contributed by atoms with Crippen LogP contribution in [0, 0.1) is 13.8 Å². The van der Waals surface area contributed by atoms with Gasteiger partial charge < -0.3 is 38.6 Å². The molecular formula is C33H41N3O9. The number of methoxy groups -OCH3 is 1. The Morgan fingerprint density at radius 1 is 1.04 bits per heavy atom. The number of aromatic hydroxyl groups is 1. The summed E-state index contributed by atoms with van der Waals surface area (Å²) in [6.45, 7) is 12.1. The van der Waals surface area contributed by atoms with Gasteiger partial charge in [0.25, 0.3) is 0 Å². The lowest BCUT2D eigenvalue weighted by atomic mass is 9.93. The summed E-state index contributed by atoms with van der Waals surface area (Å²) in [6, 6.07) is 15.2. The number of fused-ring (bicyclic) bond motifs is 1. The van der Waals surface area contributed by atoms with Crippen LogP contribution >= 0.6 is 0 Å². The summed E-state index contributed by atoms with van der Waals surface area (Å²) in [7, 11) is 1.42. The Balaban J connectivity index is 0.00000271. The van der Waals surface area contributed by atoms with Gasteiger partial charge in [0.05, 0.1) is 22.8 Å². The Kier molecular flexibility index (Phi) is 12.0. The number of nitrogens with one attached hydrogen (secondary N) is 1. The van der Waals surface area contributed by atoms with E-state index in [-0.39, 0.29) is 34.9 Å². The first-order valence-electron chi connectivity index (χ1n) is 14.5. The van der Waals surface area contributed by atoms with E-state index >= 15 is 0 Å². The number of H-pyrrole nitrogens is 1. The number of nitrogens with zero attached hydrogens (tertiary/aromatic N) is 2. The number of ether oxygens (including phenoxy) is 4. The van der Waals surface area contributed by atoms with Crippen LogP contribution in [0.1, 0.15) is 56.4 Å². The molecule has 0 amide bonds. The molecular weight excluding hydrogens is 582 g/mol. The molecule has 0 saturated carbocycles. The minimum Gasteiger partial charge on any atom is -0.505 e. The second-order valence-corrected chi connectivity index (χ2v) is 10.5. The van der Waals surface area contributed by atoms with Crippen LogP contribution < -0.4 is 10.4 Å². The number of aliphatic hydroxyl groups excluding tert-OH is 1. The largest absolute Gasteiger partial charge is 0.505 e. The second kappa shape index (κ2) is 15.5. The van der Waals surface area contributed by atoms with Crippen LogP contribution in [-0.2, 0) is 14.2 Å². The van der Waals surface area contributed by atoms with E-state index in [0.717, 1.165) is 5.69 Å². The molecule has 0 radical (unpaired) electrons. The molecule has 0 aliphatic carbocycles. The van der Waals surface area contributed by atoms with Crippen molar-refractivity contribution in [1.82, 2.24) is 4.98 Å². The van der Waals surface area contributed by atoms with Crippen LogP contribution in [0.5, 0.6) is 11.5 Å². The standard InChI is InChI=1S/C31H35N3O9.C2H6/c1-17-12-14-22(32-17)29(37)43-27(19(3)35)28(39-6)31(4,5)41-16-40-23-15-13-21-25(36)24(30(38)42-26(21)18(23)2)34-33-20-10-8-7-9-11-20;1-2/h7-15,19,27-28,32,35-36H,16H2,1-6H3;1-2H3. The highest BCUT2D eigenvalue weighted by Gasteiger charge is 2.42. The van der Waals surface area contributed by atoms with Crippen molar-refractivity contribution in [2.45, 2.75) is 72.4 Å². The molecule has 0 aliphatic heterocycles. The van der Waals surface area contributed by atoms with Crippen molar-refractivity contribution in [1.29, 1.82) is 0 Å². The third-order valence-electron chi connectivity index (χ3n) is 6.90. The van der Waals surface area contributed by atoms with Crippen molar-refractivity contribution in [2.75, 3.05) is 13.9 Å². The van der Waals surface area contributed by atoms with Gasteiger partial charge in [-0.1, -0.05) is 32.0 Å². The van der Waals surface area contributed by atoms with Gasteiger partial charge in [0.15, 0.2) is 18.6 Å². The minimum atomic E-state index is -1.10. The van der Waals surface area contributed by atoms with Gasteiger partial charge in [-0.25, -0.2) is 9.59 Å². The fraction of sp³-hybridized carbons (Fsp3) is 0.394. The molecule has 2 aromatic heterocycles. The predicted molar refractivity (Wildman–Crippen MR) is 169 cm³/mol. The number of benzene rings is 2. The van der Waals surface area contributed by atoms with E-state index in [0.29, 0.717) is 17.0 Å². The van der Waals surface area contributed by atoms with E-state index in [1.165, 1.54) is 20.1 Å². The van der Waals surface area contributed by atoms with Gasteiger partial charge in [-0.2, -0.15) is 5.11 Å². The Bertz CT molecular complexity index is 1660. The van der Waals surface area contributed by atoms with Crippen molar-refractivity contribution in [2.24, 2.45) is 10.2 Å². The van der Waals surface area contributed by atoms with Gasteiger partial charge in [0, 0.05) is 18.4 Å². The molecule has 12 nitrogen and oxygen atoms in total. The van der Waals surface area contributed by atoms with E-state index < -0.39 is 35.5 Å². The molecule has 242 valence electrons. The zero-order chi connectivity index (χ0) is 33.3. The molecule has 3 N–H and O–H groups in total. The normalized spacial score (nSPS) is 13.6. The first kappa shape index (κ1) is 35.0. The Morgan fingerprint density at radius 3 is 2.33 bits per heavy atom. The molecule has 3 atom stereocenters. The molecule has 0 fully saturated rings. The first-order valence-corrected chi connectivity index (χ1v) is 14.5. The van der Waals surface area contributed by atoms with Crippen LogP contribution in [0.2, 0.25) is 0 Å². The number of aromatic amines is 1. The number of hydrogen-bond acceptors (Lipinski definition) is 11. The highest BCUT2D eigenvalue weighted by molar-refractivity contribution is 5.90. The van der Waals surface area contributed by atoms with Crippen molar-refractivity contribution in [3.8, 4) is 11.5 Å². The average Bonchev–Trinajstić information content (AvgIpc) is 3.46. The van der Waals surface area contributed by atoms with Gasteiger partial charge in [-0.05, 0) is 71.0 Å². The summed E-state index contributed by atoms with van der Waals surface area (Å²) in [5, 5.41) is 29.4. The summed E-state index contributed by atoms with van der Waals surface area (Å²) >= 11 is 0. The SMILES string of the molecule is CC.COC(C(OC(=O)c1ccc(C)[nH]1)C(C)O)C(C)(C)OCOc1ccc2c(O)c(N=Nc3ccccc3)c(=O)oc2c1C. The van der Waals surface area contributed by atoms with Gasteiger partial charge in [0.2, 0.25) is 5.69 Å². The summed E-state index contributed by atoms with van der Waals surface area (Å²) in [5.74, 6) is -0.678. The van der Waals surface area contributed by atoms with Crippen LogP contribution in [0.25, 0.3) is 11.0 Å². The van der Waals surface area contributed by atoms with Gasteiger partial charge in [-0.15, -0.1) is 5.11 Å². The van der Waals surface area contributed by atoms with Crippen LogP contribution in [0.3, 0.4) is 0 Å². The molecule has 0 bridgehead atoms. The van der Waals surface area contributed by atoms with Crippen molar-refractivity contribution in [3.05, 3.63) is 82.0 Å². The number of aromatic nitrogens is 1. The van der Waals surface area contributed by atoms with Crippen molar-refractivity contribution >= 4 is 28.3 Å². The summed E-state index contributed by atoms with van der Waals surface area (Å²) in [4.78, 5) is 28.3. The quantitative estimate of drug-likeness (QED) is 0.0679. The zero-order valence-corrected chi connectivity index (χ0v) is 26.8. The fourth-order valence-corrected chi connectivity index (χ4v) is 4.57. The maximum atomic E-state index is 12.7. The minimum absolute atomic E-state index is 0.119. The lowest BCUT2D eigenvalue weighted by Crippen LogP contribution is -2.53. The summed E-state index contributed by atoms with van der Waals surface area (Å²) in [5.41, 5.74) is -0.178. The molecule has 2 aromatic carbocycles. The van der Waals surface area contributed by atoms with Crippen LogP contribution in [-0.4, -0.2) is 59.0 Å². The molecule has 12 heteroatoms. The van der Waals surface area contributed by atoms with Gasteiger partial charge in [0.1, 0.15) is 23.1 Å². The number of esters is 1. The van der Waals surface area contributed by atoms with Crippen LogP contribution in [0.4, 0.5) is 11.4 Å². The van der Waals surface area contributed by atoms with Crippen molar-refractivity contribution < 1.29 is 38.4 Å². The van der Waals surface area contributed by atoms with E-state index in [2.05, 4.69) is 15.2 Å². The monoisotopic (exact) mass is 623 g/mol. The maximum Gasteiger partial charge on any atom is 0.368 e. The van der Waals surface area contributed by atoms with E-state index in [1.807, 2.05) is 26.8 Å². The van der Waals surface area contributed by atoms with E-state index in [4.69, 9.17) is 23.4 Å². The molecule has 0 saturated heterocycles. The summed E-state index contributed by atoms with van der Waals surface area (Å²) < 4.78 is 28.6. The summed E-state index contributed by atoms with van der Waals surface area (Å²) in [6.07, 6.45) is -3.03. The number of aliphatic hydroxyl groups is 1. The third kappa shape index (κ3) is 8.35. The average molecular weight is 624 g/mol. The lowest BCUT2D eigenvalue weighted by Gasteiger charge is -2.38. The first-order chi connectivity index (χ1) is 21.4. The second-order valence-electron chi connectivity index (χ2n) is 10.5. The Morgan fingerprint density at radius 2 is 1.73 bits per heavy atom. The molecule has 3 unspecified atom stereocenters. The van der Waals surface area contributed by atoms with Gasteiger partial charge in [-0.3, -0.25) is 0 Å². The number of hydrogen-bond donors (Lipinski definition) is 3. The zero-order valence-electron chi connectivity index (χ0n) is 26.8. The smallest absolute Gasteiger partial charge is 0.368 e. The predicted octanol–water partition coefficient (Wildman–Crippen LogP) is 6.64. The Labute approximate surface area is 261 Å². The number of carbonyl (C=O) groups excluding carboxylic acids is 1. The fourth-order valence-electron chi connectivity index (χ4n) is 4.57. The molecule has 45 heavy (non-hydrogen) atoms. The lowest BCUT2D eigenvalue weighted by molar-refractivity contribution is -0.193. The highest BCUT2D eigenvalue weighted by Crippen LogP contribution is 2.37. The third-order valence-corrected chi connectivity index (χ3v) is 6.90. The number of carbonyl (C=O) groups is 1. The van der Waals surface area contributed by atoms with Crippen molar-refractivity contribution in [3.63, 3.8) is 0 Å². The van der Waals surface area contributed by atoms with Gasteiger partial charge >= 0.3 is 11.6 Å². The molecule has 0 aliphatic rings. The van der Waals surface area contributed by atoms with E-state index in [9.17, 15) is 19.8 Å². The maximum absolute atomic E-state index is 12.7. The number of azo groups is 1. The van der Waals surface area contributed by atoms with E-state index in [1.54, 1.807) is 63.2 Å². The van der Waals surface area contributed by atoms with Crippen LogP contribution in [0.15, 0.2) is 74.0 Å². The highest BCUT2D eigenvalue weighted by atomic mass is 16.7. The number of rotatable bonds is 12. The molecule has 4 aromatic rings. The molecule has 4 rings (SSSR count). The molecule has 0 spiro atoms. The Hall–Kier alpha value is -4.52. The molecule has 2 heterocycles. The number of aryl methyl sites for hydroxylation is 2.